The Morgan fingerprint density at radius 2 is 1.94 bits per heavy atom. The minimum atomic E-state index is -0.249. The number of carbonyl (C=O) groups is 1. The molecule has 0 saturated carbocycles. The average Bonchev–Trinajstić information content (AvgIpc) is 3.23. The van der Waals surface area contributed by atoms with E-state index < -0.39 is 0 Å². The van der Waals surface area contributed by atoms with Gasteiger partial charge in [0.05, 0.1) is 6.61 Å². The minimum Gasteiger partial charge on any atom is -0.494 e. The number of pyridine rings is 1. The van der Waals surface area contributed by atoms with Crippen molar-refractivity contribution >= 4 is 17.5 Å². The Hall–Kier alpha value is -4.27. The molecule has 0 bridgehead atoms. The van der Waals surface area contributed by atoms with Crippen LogP contribution in [0.1, 0.15) is 41.3 Å². The highest BCUT2D eigenvalue weighted by molar-refractivity contribution is 5.94. The average molecular weight is 474 g/mol. The molecule has 9 nitrogen and oxygen atoms in total. The van der Waals surface area contributed by atoms with Gasteiger partial charge in [-0.05, 0) is 58.4 Å². The molecule has 35 heavy (non-hydrogen) atoms. The summed E-state index contributed by atoms with van der Waals surface area (Å²) >= 11 is 0. The fraction of sp³-hybridized carbons (Fsp3) is 0.269. The topological polar surface area (TPSA) is 118 Å². The van der Waals surface area contributed by atoms with Crippen LogP contribution in [-0.2, 0) is 4.74 Å². The summed E-state index contributed by atoms with van der Waals surface area (Å²) in [5.41, 5.74) is 4.52. The SMILES string of the molecule is C=C/C(=C\C=C(/C)CNC(=O)c1ncc(-c2nc(C)cc(Nc3cc(C)[nH]n3)n2)cc1C)OCC. The number of anilines is 2. The normalized spacial score (nSPS) is 11.8. The summed E-state index contributed by atoms with van der Waals surface area (Å²) in [4.78, 5) is 26.2. The molecule has 0 aliphatic heterocycles. The number of hydrogen-bond donors (Lipinski definition) is 3. The van der Waals surface area contributed by atoms with Crippen molar-refractivity contribution in [2.24, 2.45) is 0 Å². The third kappa shape index (κ3) is 7.10. The smallest absolute Gasteiger partial charge is 0.270 e. The summed E-state index contributed by atoms with van der Waals surface area (Å²) in [5.74, 6) is 2.24. The number of nitrogens with one attached hydrogen (secondary N) is 3. The Morgan fingerprint density at radius 3 is 2.60 bits per heavy atom. The fourth-order valence-electron chi connectivity index (χ4n) is 3.24. The second kappa shape index (κ2) is 11.7. The van der Waals surface area contributed by atoms with Crippen LogP contribution in [-0.4, -0.2) is 44.2 Å². The van der Waals surface area contributed by atoms with Crippen LogP contribution < -0.4 is 10.6 Å². The summed E-state index contributed by atoms with van der Waals surface area (Å²) in [6, 6.07) is 5.59. The van der Waals surface area contributed by atoms with Gasteiger partial charge < -0.3 is 15.4 Å². The number of rotatable bonds is 10. The molecule has 0 spiro atoms. The Labute approximate surface area is 205 Å². The lowest BCUT2D eigenvalue weighted by atomic mass is 10.1. The fourth-order valence-corrected chi connectivity index (χ4v) is 3.24. The van der Waals surface area contributed by atoms with Gasteiger partial charge in [-0.25, -0.2) is 9.97 Å². The number of H-pyrrole nitrogens is 1. The first kappa shape index (κ1) is 25.4. The quantitative estimate of drug-likeness (QED) is 0.288. The number of aryl methyl sites for hydroxylation is 3. The number of amides is 1. The highest BCUT2D eigenvalue weighted by atomic mass is 16.5. The van der Waals surface area contributed by atoms with Crippen molar-refractivity contribution in [3.63, 3.8) is 0 Å². The molecule has 3 N–H and O–H groups in total. The Balaban J connectivity index is 1.71. The van der Waals surface area contributed by atoms with Gasteiger partial charge in [-0.1, -0.05) is 18.2 Å². The van der Waals surface area contributed by atoms with Crippen molar-refractivity contribution in [3.05, 3.63) is 83.2 Å². The zero-order valence-electron chi connectivity index (χ0n) is 20.8. The first-order valence-electron chi connectivity index (χ1n) is 11.3. The van der Waals surface area contributed by atoms with Gasteiger partial charge in [-0.15, -0.1) is 0 Å². The van der Waals surface area contributed by atoms with Gasteiger partial charge in [0.15, 0.2) is 11.6 Å². The first-order valence-corrected chi connectivity index (χ1v) is 11.3. The van der Waals surface area contributed by atoms with Crippen LogP contribution in [0.5, 0.6) is 0 Å². The van der Waals surface area contributed by atoms with E-state index in [2.05, 4.69) is 42.4 Å². The number of aromatic amines is 1. The lowest BCUT2D eigenvalue weighted by Crippen LogP contribution is -2.26. The number of carbonyl (C=O) groups excluding carboxylic acids is 1. The number of nitrogens with zero attached hydrogens (tertiary/aromatic N) is 4. The van der Waals surface area contributed by atoms with Crippen molar-refractivity contribution in [1.82, 2.24) is 30.5 Å². The Morgan fingerprint density at radius 1 is 1.14 bits per heavy atom. The Kier molecular flexibility index (Phi) is 8.50. The Bertz CT molecular complexity index is 1270. The van der Waals surface area contributed by atoms with E-state index in [0.717, 1.165) is 28.1 Å². The zero-order chi connectivity index (χ0) is 25.4. The summed E-state index contributed by atoms with van der Waals surface area (Å²) in [6.07, 6.45) is 6.98. The summed E-state index contributed by atoms with van der Waals surface area (Å²) in [7, 11) is 0. The summed E-state index contributed by atoms with van der Waals surface area (Å²) in [5, 5.41) is 13.1. The molecule has 3 aromatic heterocycles. The molecular weight excluding hydrogens is 442 g/mol. The number of hydrogen-bond acceptors (Lipinski definition) is 7. The molecule has 0 atom stereocenters. The van der Waals surface area contributed by atoms with E-state index >= 15 is 0 Å². The molecule has 3 heterocycles. The lowest BCUT2D eigenvalue weighted by molar-refractivity contribution is 0.0951. The number of allylic oxidation sites excluding steroid dienone is 3. The maximum absolute atomic E-state index is 12.7. The van der Waals surface area contributed by atoms with E-state index in [9.17, 15) is 4.79 Å². The molecule has 0 radical (unpaired) electrons. The molecule has 0 saturated heterocycles. The third-order valence-electron chi connectivity index (χ3n) is 4.94. The largest absolute Gasteiger partial charge is 0.494 e. The predicted molar refractivity (Wildman–Crippen MR) is 137 cm³/mol. The van der Waals surface area contributed by atoms with E-state index in [1.165, 1.54) is 0 Å². The molecule has 0 aromatic carbocycles. The second-order valence-corrected chi connectivity index (χ2v) is 8.07. The highest BCUT2D eigenvalue weighted by Gasteiger charge is 2.14. The van der Waals surface area contributed by atoms with Gasteiger partial charge in [0.2, 0.25) is 0 Å². The lowest BCUT2D eigenvalue weighted by Gasteiger charge is -2.10. The molecule has 3 rings (SSSR count). The second-order valence-electron chi connectivity index (χ2n) is 8.07. The first-order chi connectivity index (χ1) is 16.8. The van der Waals surface area contributed by atoms with Gasteiger partial charge in [-0.2, -0.15) is 5.10 Å². The standard InChI is InChI=1S/C26H31N7O2/c1-7-21(35-8-2)10-9-16(3)14-28-26(34)24-17(4)11-20(15-27-24)25-29-18(5)12-22(31-25)30-23-13-19(6)32-33-23/h7,9-13,15H,1,8,14H2,2-6H3,(H,28,34)(H2,29,30,31,32,33)/b16-9+,21-10+. The van der Waals surface area contributed by atoms with Gasteiger partial charge in [-0.3, -0.25) is 14.9 Å². The molecule has 182 valence electrons. The van der Waals surface area contributed by atoms with Crippen molar-refractivity contribution in [2.45, 2.75) is 34.6 Å². The summed E-state index contributed by atoms with van der Waals surface area (Å²) < 4.78 is 5.43. The van der Waals surface area contributed by atoms with Crippen LogP contribution in [0.2, 0.25) is 0 Å². The van der Waals surface area contributed by atoms with Crippen LogP contribution >= 0.6 is 0 Å². The molecule has 1 amide bonds. The van der Waals surface area contributed by atoms with Crippen molar-refractivity contribution < 1.29 is 9.53 Å². The number of aromatic nitrogens is 5. The monoisotopic (exact) mass is 473 g/mol. The maximum atomic E-state index is 12.7. The predicted octanol–water partition coefficient (Wildman–Crippen LogP) is 4.71. The minimum absolute atomic E-state index is 0.249. The van der Waals surface area contributed by atoms with E-state index in [1.807, 2.05) is 65.0 Å². The van der Waals surface area contributed by atoms with E-state index in [4.69, 9.17) is 4.74 Å². The van der Waals surface area contributed by atoms with Gasteiger partial charge in [0.25, 0.3) is 5.91 Å². The van der Waals surface area contributed by atoms with E-state index in [-0.39, 0.29) is 5.91 Å². The van der Waals surface area contributed by atoms with Crippen LogP contribution in [0.15, 0.2) is 60.5 Å². The summed E-state index contributed by atoms with van der Waals surface area (Å²) in [6.45, 7) is 14.2. The highest BCUT2D eigenvalue weighted by Crippen LogP contribution is 2.21. The molecular formula is C26H31N7O2. The van der Waals surface area contributed by atoms with Crippen LogP contribution in [0.3, 0.4) is 0 Å². The van der Waals surface area contributed by atoms with Gasteiger partial charge in [0, 0.05) is 41.8 Å². The van der Waals surface area contributed by atoms with Crippen molar-refractivity contribution in [3.8, 4) is 11.4 Å². The van der Waals surface area contributed by atoms with E-state index in [0.29, 0.717) is 42.1 Å². The molecule has 9 heteroatoms. The molecule has 0 fully saturated rings. The van der Waals surface area contributed by atoms with Gasteiger partial charge in [0.1, 0.15) is 17.3 Å². The van der Waals surface area contributed by atoms with Crippen LogP contribution in [0.4, 0.5) is 11.6 Å². The van der Waals surface area contributed by atoms with E-state index in [1.54, 1.807) is 12.3 Å². The van der Waals surface area contributed by atoms with Gasteiger partial charge >= 0.3 is 0 Å². The van der Waals surface area contributed by atoms with Crippen molar-refractivity contribution in [2.75, 3.05) is 18.5 Å². The molecule has 0 aliphatic rings. The zero-order valence-corrected chi connectivity index (χ0v) is 20.8. The van der Waals surface area contributed by atoms with Crippen LogP contribution in [0, 0.1) is 20.8 Å². The molecule has 3 aromatic rings. The third-order valence-corrected chi connectivity index (χ3v) is 4.94. The molecule has 0 aliphatic carbocycles. The van der Waals surface area contributed by atoms with Crippen LogP contribution in [0.25, 0.3) is 11.4 Å². The number of ether oxygens (including phenoxy) is 1. The molecule has 0 unspecified atom stereocenters. The maximum Gasteiger partial charge on any atom is 0.270 e. The van der Waals surface area contributed by atoms with Crippen molar-refractivity contribution in [1.29, 1.82) is 0 Å².